The molecule has 2 aromatic rings. The molecule has 2 nitrogen and oxygen atoms in total. The van der Waals surface area contributed by atoms with Gasteiger partial charge in [0.1, 0.15) is 12.4 Å². The number of benzene rings is 2. The maximum atomic E-state index is 13.2. The van der Waals surface area contributed by atoms with Gasteiger partial charge in [-0.1, -0.05) is 12.1 Å². The van der Waals surface area contributed by atoms with Crippen LogP contribution in [0.1, 0.15) is 5.56 Å². The van der Waals surface area contributed by atoms with Crippen molar-refractivity contribution in [2.45, 2.75) is 6.92 Å². The molecule has 0 spiro atoms. The Bertz CT molecular complexity index is 590. The van der Waals surface area contributed by atoms with E-state index in [0.29, 0.717) is 18.7 Å². The van der Waals surface area contributed by atoms with Crippen molar-refractivity contribution in [2.75, 3.05) is 13.2 Å². The van der Waals surface area contributed by atoms with E-state index < -0.39 is 11.6 Å². The van der Waals surface area contributed by atoms with E-state index in [2.05, 4.69) is 0 Å². The van der Waals surface area contributed by atoms with Crippen molar-refractivity contribution in [1.82, 2.24) is 0 Å². The molecular formula is C15H16ClF2NO. The summed E-state index contributed by atoms with van der Waals surface area (Å²) in [6.45, 7) is 2.80. The quantitative estimate of drug-likeness (QED) is 0.934. The number of nitrogens with two attached hydrogens (primary N) is 1. The van der Waals surface area contributed by atoms with Crippen LogP contribution in [0.15, 0.2) is 36.4 Å². The zero-order valence-corrected chi connectivity index (χ0v) is 11.8. The number of aryl methyl sites for hydroxylation is 1. The molecule has 2 aromatic carbocycles. The predicted octanol–water partition coefficient (Wildman–Crippen LogP) is 3.70. The Balaban J connectivity index is 0.00000200. The lowest BCUT2D eigenvalue weighted by atomic mass is 10.0. The van der Waals surface area contributed by atoms with E-state index in [1.807, 2.05) is 25.1 Å². The Morgan fingerprint density at radius 1 is 1.00 bits per heavy atom. The van der Waals surface area contributed by atoms with Crippen molar-refractivity contribution in [2.24, 2.45) is 5.73 Å². The lowest BCUT2D eigenvalue weighted by molar-refractivity contribution is 0.326. The van der Waals surface area contributed by atoms with Gasteiger partial charge in [-0.3, -0.25) is 0 Å². The van der Waals surface area contributed by atoms with Gasteiger partial charge in [-0.05, 0) is 47.9 Å². The molecule has 0 saturated heterocycles. The Kier molecular flexibility index (Phi) is 5.92. The SMILES string of the molecule is Cc1cc(-c2ccc(F)c(F)c2)ccc1OCCN.Cl. The highest BCUT2D eigenvalue weighted by Gasteiger charge is 2.06. The summed E-state index contributed by atoms with van der Waals surface area (Å²) in [5.74, 6) is -0.946. The van der Waals surface area contributed by atoms with Crippen LogP contribution in [-0.2, 0) is 0 Å². The van der Waals surface area contributed by atoms with E-state index in [-0.39, 0.29) is 12.4 Å². The van der Waals surface area contributed by atoms with E-state index >= 15 is 0 Å². The first-order valence-electron chi connectivity index (χ1n) is 6.01. The second kappa shape index (κ2) is 7.22. The van der Waals surface area contributed by atoms with Crippen molar-refractivity contribution in [3.63, 3.8) is 0 Å². The summed E-state index contributed by atoms with van der Waals surface area (Å²) in [5, 5.41) is 0. The van der Waals surface area contributed by atoms with Crippen molar-refractivity contribution >= 4 is 12.4 Å². The van der Waals surface area contributed by atoms with Crippen molar-refractivity contribution in [3.8, 4) is 16.9 Å². The minimum Gasteiger partial charge on any atom is -0.492 e. The number of ether oxygens (including phenoxy) is 1. The molecule has 0 aliphatic heterocycles. The van der Waals surface area contributed by atoms with E-state index in [1.165, 1.54) is 6.07 Å². The van der Waals surface area contributed by atoms with Gasteiger partial charge in [0.2, 0.25) is 0 Å². The molecule has 0 unspecified atom stereocenters. The highest BCUT2D eigenvalue weighted by Crippen LogP contribution is 2.27. The number of rotatable bonds is 4. The molecule has 0 heterocycles. The Morgan fingerprint density at radius 3 is 2.25 bits per heavy atom. The zero-order chi connectivity index (χ0) is 13.8. The summed E-state index contributed by atoms with van der Waals surface area (Å²) in [7, 11) is 0. The number of halogens is 3. The molecule has 0 aliphatic carbocycles. The average molecular weight is 300 g/mol. The molecule has 108 valence electrons. The Hall–Kier alpha value is -1.65. The van der Waals surface area contributed by atoms with Gasteiger partial charge < -0.3 is 10.5 Å². The maximum Gasteiger partial charge on any atom is 0.159 e. The molecule has 0 aliphatic rings. The fraction of sp³-hybridized carbons (Fsp3) is 0.200. The largest absolute Gasteiger partial charge is 0.492 e. The maximum absolute atomic E-state index is 13.2. The predicted molar refractivity (Wildman–Crippen MR) is 78.3 cm³/mol. The lowest BCUT2D eigenvalue weighted by Crippen LogP contribution is -2.11. The molecule has 0 aromatic heterocycles. The van der Waals surface area contributed by atoms with Gasteiger partial charge in [0.25, 0.3) is 0 Å². The molecule has 0 bridgehead atoms. The smallest absolute Gasteiger partial charge is 0.159 e. The van der Waals surface area contributed by atoms with Gasteiger partial charge in [0.15, 0.2) is 11.6 Å². The van der Waals surface area contributed by atoms with Crippen LogP contribution in [0.5, 0.6) is 5.75 Å². The summed E-state index contributed by atoms with van der Waals surface area (Å²) in [6.07, 6.45) is 0. The summed E-state index contributed by atoms with van der Waals surface area (Å²) >= 11 is 0. The first-order chi connectivity index (χ1) is 9.11. The third kappa shape index (κ3) is 3.68. The molecular weight excluding hydrogens is 284 g/mol. The van der Waals surface area contributed by atoms with Crippen molar-refractivity contribution < 1.29 is 13.5 Å². The third-order valence-corrected chi connectivity index (χ3v) is 2.80. The van der Waals surface area contributed by atoms with Crippen LogP contribution in [0.4, 0.5) is 8.78 Å². The summed E-state index contributed by atoms with van der Waals surface area (Å²) in [4.78, 5) is 0. The van der Waals surface area contributed by atoms with Crippen LogP contribution < -0.4 is 10.5 Å². The van der Waals surface area contributed by atoms with Crippen LogP contribution in [0.2, 0.25) is 0 Å². The van der Waals surface area contributed by atoms with Gasteiger partial charge in [0, 0.05) is 6.54 Å². The highest BCUT2D eigenvalue weighted by molar-refractivity contribution is 5.85. The van der Waals surface area contributed by atoms with Crippen LogP contribution in [-0.4, -0.2) is 13.2 Å². The molecule has 2 N–H and O–H groups in total. The molecule has 0 radical (unpaired) electrons. The van der Waals surface area contributed by atoms with Crippen molar-refractivity contribution in [3.05, 3.63) is 53.6 Å². The van der Waals surface area contributed by atoms with E-state index in [4.69, 9.17) is 10.5 Å². The molecule has 0 atom stereocenters. The molecule has 5 heteroatoms. The number of hydrogen-bond acceptors (Lipinski definition) is 2. The summed E-state index contributed by atoms with van der Waals surface area (Å²) in [6, 6.07) is 9.35. The van der Waals surface area contributed by atoms with Gasteiger partial charge in [-0.25, -0.2) is 8.78 Å². The molecule has 0 saturated carbocycles. The lowest BCUT2D eigenvalue weighted by Gasteiger charge is -2.10. The first-order valence-corrected chi connectivity index (χ1v) is 6.01. The average Bonchev–Trinajstić information content (AvgIpc) is 2.40. The zero-order valence-electron chi connectivity index (χ0n) is 11.0. The van der Waals surface area contributed by atoms with E-state index in [0.717, 1.165) is 22.9 Å². The molecule has 0 amide bonds. The second-order valence-electron chi connectivity index (χ2n) is 4.25. The standard InChI is InChI=1S/C15H15F2NO.ClH/c1-10-8-11(3-5-15(10)19-7-6-18)12-2-4-13(16)14(17)9-12;/h2-5,8-9H,6-7,18H2,1H3;1H. The minimum atomic E-state index is -0.849. The Morgan fingerprint density at radius 2 is 1.65 bits per heavy atom. The van der Waals surface area contributed by atoms with Gasteiger partial charge in [-0.15, -0.1) is 12.4 Å². The second-order valence-corrected chi connectivity index (χ2v) is 4.25. The fourth-order valence-electron chi connectivity index (χ4n) is 1.84. The van der Waals surface area contributed by atoms with Gasteiger partial charge >= 0.3 is 0 Å². The first kappa shape index (κ1) is 16.4. The minimum absolute atomic E-state index is 0. The normalized spacial score (nSPS) is 10.0. The van der Waals surface area contributed by atoms with Crippen LogP contribution in [0.3, 0.4) is 0 Å². The van der Waals surface area contributed by atoms with Crippen molar-refractivity contribution in [1.29, 1.82) is 0 Å². The van der Waals surface area contributed by atoms with Crippen LogP contribution >= 0.6 is 12.4 Å². The molecule has 20 heavy (non-hydrogen) atoms. The third-order valence-electron chi connectivity index (χ3n) is 2.80. The summed E-state index contributed by atoms with van der Waals surface area (Å²) < 4.78 is 31.5. The topological polar surface area (TPSA) is 35.2 Å². The molecule has 2 rings (SSSR count). The monoisotopic (exact) mass is 299 g/mol. The highest BCUT2D eigenvalue weighted by atomic mass is 35.5. The fourth-order valence-corrected chi connectivity index (χ4v) is 1.84. The van der Waals surface area contributed by atoms with E-state index in [9.17, 15) is 8.78 Å². The Labute approximate surface area is 123 Å². The summed E-state index contributed by atoms with van der Waals surface area (Å²) in [5.41, 5.74) is 7.75. The van der Waals surface area contributed by atoms with E-state index in [1.54, 1.807) is 6.07 Å². The number of hydrogen-bond donors (Lipinski definition) is 1. The van der Waals surface area contributed by atoms with Gasteiger partial charge in [0.05, 0.1) is 0 Å². The van der Waals surface area contributed by atoms with Crippen LogP contribution in [0.25, 0.3) is 11.1 Å². The van der Waals surface area contributed by atoms with Crippen LogP contribution in [0, 0.1) is 18.6 Å². The van der Waals surface area contributed by atoms with Gasteiger partial charge in [-0.2, -0.15) is 0 Å². The molecule has 0 fully saturated rings.